The van der Waals surface area contributed by atoms with E-state index in [9.17, 15) is 12.8 Å². The minimum absolute atomic E-state index is 0.0240. The van der Waals surface area contributed by atoms with Crippen molar-refractivity contribution in [2.75, 3.05) is 37.6 Å². The molecule has 0 atom stereocenters. The summed E-state index contributed by atoms with van der Waals surface area (Å²) in [7, 11) is -3.72. The molecule has 0 radical (unpaired) electrons. The van der Waals surface area contributed by atoms with Gasteiger partial charge in [-0.25, -0.2) is 17.5 Å². The summed E-state index contributed by atoms with van der Waals surface area (Å²) >= 11 is 6.48. The number of piperazine rings is 1. The third-order valence-corrected chi connectivity index (χ3v) is 8.34. The first kappa shape index (κ1) is 24.4. The van der Waals surface area contributed by atoms with Gasteiger partial charge in [0.25, 0.3) is 0 Å². The number of sulfone groups is 1. The minimum atomic E-state index is -3.72. The van der Waals surface area contributed by atoms with E-state index in [1.165, 1.54) is 29.1 Å². The largest absolute Gasteiger partial charge is 0.471 e. The Morgan fingerprint density at radius 2 is 1.94 bits per heavy atom. The van der Waals surface area contributed by atoms with E-state index in [1.807, 2.05) is 12.3 Å². The molecule has 12 heteroatoms. The second kappa shape index (κ2) is 10.00. The van der Waals surface area contributed by atoms with Gasteiger partial charge < -0.3 is 14.2 Å². The molecule has 0 N–H and O–H groups in total. The highest BCUT2D eigenvalue weighted by molar-refractivity contribution is 7.90. The van der Waals surface area contributed by atoms with Crippen LogP contribution in [0.15, 0.2) is 64.7 Å². The first-order valence-electron chi connectivity index (χ1n) is 11.4. The van der Waals surface area contributed by atoms with E-state index in [2.05, 4.69) is 32.0 Å². The fraction of sp³-hybridized carbons (Fsp3) is 0.292. The van der Waals surface area contributed by atoms with Crippen LogP contribution in [0.4, 0.5) is 10.1 Å². The van der Waals surface area contributed by atoms with Crippen molar-refractivity contribution in [3.05, 3.63) is 71.8 Å². The quantitative estimate of drug-likeness (QED) is 0.355. The topological polar surface area (TPSA) is 97.4 Å². The summed E-state index contributed by atoms with van der Waals surface area (Å²) in [6.45, 7) is 6.97. The molecule has 0 aliphatic carbocycles. The Morgan fingerprint density at radius 1 is 1.14 bits per heavy atom. The lowest BCUT2D eigenvalue weighted by Crippen LogP contribution is -2.46. The van der Waals surface area contributed by atoms with Gasteiger partial charge in [-0.15, -0.1) is 5.10 Å². The number of pyridine rings is 1. The van der Waals surface area contributed by atoms with E-state index >= 15 is 0 Å². The van der Waals surface area contributed by atoms with Crippen LogP contribution in [0, 0.1) is 5.82 Å². The van der Waals surface area contributed by atoms with Crippen molar-refractivity contribution in [2.24, 2.45) is 0 Å². The summed E-state index contributed by atoms with van der Waals surface area (Å²) in [6, 6.07) is 5.85. The molecule has 0 bridgehead atoms. The molecule has 36 heavy (non-hydrogen) atoms. The monoisotopic (exact) mass is 530 g/mol. The number of rotatable bonds is 7. The number of anilines is 1. The maximum absolute atomic E-state index is 14.8. The van der Waals surface area contributed by atoms with E-state index in [0.29, 0.717) is 5.69 Å². The zero-order chi connectivity index (χ0) is 25.3. The van der Waals surface area contributed by atoms with Crippen molar-refractivity contribution in [3.8, 4) is 16.9 Å². The van der Waals surface area contributed by atoms with Gasteiger partial charge in [-0.05, 0) is 30.3 Å². The molecule has 0 spiro atoms. The first-order valence-corrected chi connectivity index (χ1v) is 13.5. The molecule has 0 amide bonds. The Labute approximate surface area is 213 Å². The normalized spacial score (nSPS) is 14.9. The van der Waals surface area contributed by atoms with Crippen LogP contribution in [-0.2, 0) is 15.6 Å². The standard InChI is InChI=1S/C24H24ClFN6O3S/c1-2-30-6-8-31(9-7-30)19-11-18(12-27-13-19)22-14-32(29-28-22)24-21(26)4-3-17(23(24)25)16-36(33,34)20-5-10-35-15-20/h3-5,10-15H,2,6-9,16H2,1H3. The summed E-state index contributed by atoms with van der Waals surface area (Å²) in [5, 5.41) is 8.20. The molecule has 1 saturated heterocycles. The Bertz CT molecular complexity index is 1470. The fourth-order valence-electron chi connectivity index (χ4n) is 4.19. The van der Waals surface area contributed by atoms with E-state index in [0.717, 1.165) is 50.2 Å². The highest BCUT2D eigenvalue weighted by atomic mass is 35.5. The van der Waals surface area contributed by atoms with Gasteiger partial charge >= 0.3 is 0 Å². The Morgan fingerprint density at radius 3 is 2.67 bits per heavy atom. The van der Waals surface area contributed by atoms with E-state index < -0.39 is 21.4 Å². The second-order valence-corrected chi connectivity index (χ2v) is 10.9. The van der Waals surface area contributed by atoms with E-state index in [4.69, 9.17) is 16.0 Å². The van der Waals surface area contributed by atoms with Gasteiger partial charge in [0.15, 0.2) is 9.84 Å². The maximum Gasteiger partial charge on any atom is 0.185 e. The second-order valence-electron chi connectivity index (χ2n) is 8.49. The molecular weight excluding hydrogens is 507 g/mol. The molecule has 0 unspecified atom stereocenters. The van der Waals surface area contributed by atoms with Gasteiger partial charge in [-0.3, -0.25) is 4.98 Å². The van der Waals surface area contributed by atoms with Crippen LogP contribution in [0.1, 0.15) is 12.5 Å². The van der Waals surface area contributed by atoms with Crippen molar-refractivity contribution in [1.82, 2.24) is 24.9 Å². The van der Waals surface area contributed by atoms with E-state index in [1.54, 1.807) is 12.4 Å². The zero-order valence-corrected chi connectivity index (χ0v) is 21.1. The average Bonchev–Trinajstić information content (AvgIpc) is 3.60. The van der Waals surface area contributed by atoms with Gasteiger partial charge in [0, 0.05) is 37.9 Å². The third-order valence-electron chi connectivity index (χ3n) is 6.27. The highest BCUT2D eigenvalue weighted by Gasteiger charge is 2.23. The SMILES string of the molecule is CCN1CCN(c2cncc(-c3cn(-c4c(F)ccc(CS(=O)(=O)c5ccoc5)c4Cl)nn3)c2)CC1. The smallest absolute Gasteiger partial charge is 0.185 e. The Hall–Kier alpha value is -3.28. The average molecular weight is 531 g/mol. The molecular formula is C24H24ClFN6O3S. The van der Waals surface area contributed by atoms with Crippen LogP contribution < -0.4 is 4.90 Å². The van der Waals surface area contributed by atoms with Crippen LogP contribution in [0.2, 0.25) is 5.02 Å². The van der Waals surface area contributed by atoms with Crippen LogP contribution in [0.25, 0.3) is 16.9 Å². The van der Waals surface area contributed by atoms with Gasteiger partial charge in [0.2, 0.25) is 0 Å². The number of furan rings is 1. The van der Waals surface area contributed by atoms with Gasteiger partial charge in [0.05, 0.1) is 35.1 Å². The number of hydrogen-bond acceptors (Lipinski definition) is 8. The number of likely N-dealkylation sites (N-methyl/N-ethyl adjacent to an activating group) is 1. The zero-order valence-electron chi connectivity index (χ0n) is 19.5. The van der Waals surface area contributed by atoms with Gasteiger partial charge in [-0.1, -0.05) is 29.8 Å². The van der Waals surface area contributed by atoms with Crippen molar-refractivity contribution < 1.29 is 17.2 Å². The highest BCUT2D eigenvalue weighted by Crippen LogP contribution is 2.31. The lowest BCUT2D eigenvalue weighted by atomic mass is 10.2. The minimum Gasteiger partial charge on any atom is -0.471 e. The molecule has 3 aromatic heterocycles. The summed E-state index contributed by atoms with van der Waals surface area (Å²) < 4.78 is 46.3. The fourth-order valence-corrected chi connectivity index (χ4v) is 5.86. The summed E-state index contributed by atoms with van der Waals surface area (Å²) in [6.07, 6.45) is 7.45. The molecule has 1 aromatic carbocycles. The molecule has 1 aliphatic heterocycles. The predicted octanol–water partition coefficient (Wildman–Crippen LogP) is 3.83. The summed E-state index contributed by atoms with van der Waals surface area (Å²) in [5.41, 5.74) is 2.36. The lowest BCUT2D eigenvalue weighted by molar-refractivity contribution is 0.271. The molecule has 9 nitrogen and oxygen atoms in total. The molecule has 4 aromatic rings. The number of nitrogens with zero attached hydrogens (tertiary/aromatic N) is 6. The Kier molecular flexibility index (Phi) is 6.78. The lowest BCUT2D eigenvalue weighted by Gasteiger charge is -2.35. The number of benzene rings is 1. The summed E-state index contributed by atoms with van der Waals surface area (Å²) in [5.74, 6) is -1.07. The van der Waals surface area contributed by atoms with Crippen LogP contribution in [0.5, 0.6) is 0 Å². The predicted molar refractivity (Wildman–Crippen MR) is 133 cm³/mol. The first-order chi connectivity index (χ1) is 17.4. The van der Waals surface area contributed by atoms with Gasteiger partial charge in [-0.2, -0.15) is 0 Å². The van der Waals surface area contributed by atoms with Crippen molar-refractivity contribution in [2.45, 2.75) is 17.6 Å². The number of halogens is 2. The molecule has 5 rings (SSSR count). The van der Waals surface area contributed by atoms with E-state index in [-0.39, 0.29) is 21.2 Å². The summed E-state index contributed by atoms with van der Waals surface area (Å²) in [4.78, 5) is 9.05. The van der Waals surface area contributed by atoms with Crippen molar-refractivity contribution >= 4 is 27.1 Å². The third kappa shape index (κ3) is 4.86. The molecule has 1 fully saturated rings. The Balaban J connectivity index is 1.42. The molecule has 188 valence electrons. The molecule has 4 heterocycles. The number of aromatic nitrogens is 4. The van der Waals surface area contributed by atoms with Crippen molar-refractivity contribution in [3.63, 3.8) is 0 Å². The van der Waals surface area contributed by atoms with Crippen LogP contribution >= 0.6 is 11.6 Å². The molecule has 1 aliphatic rings. The van der Waals surface area contributed by atoms with Crippen LogP contribution in [0.3, 0.4) is 0 Å². The van der Waals surface area contributed by atoms with Crippen LogP contribution in [-0.4, -0.2) is 66.0 Å². The number of hydrogen-bond donors (Lipinski definition) is 0. The molecule has 0 saturated carbocycles. The van der Waals surface area contributed by atoms with Crippen molar-refractivity contribution in [1.29, 1.82) is 0 Å². The van der Waals surface area contributed by atoms with Gasteiger partial charge in [0.1, 0.15) is 28.4 Å². The maximum atomic E-state index is 14.8.